The van der Waals surface area contributed by atoms with Crippen LogP contribution in [0.25, 0.3) is 0 Å². The molecule has 7 nitrogen and oxygen atoms in total. The van der Waals surface area contributed by atoms with Gasteiger partial charge in [-0.1, -0.05) is 28.1 Å². The molecule has 9 heteroatoms. The monoisotopic (exact) mass is 474 g/mol. The minimum absolute atomic E-state index is 0.0280. The van der Waals surface area contributed by atoms with Gasteiger partial charge in [0.15, 0.2) is 0 Å². The first-order valence-electron chi connectivity index (χ1n) is 8.28. The predicted molar refractivity (Wildman–Crippen MR) is 113 cm³/mol. The molecule has 0 heterocycles. The number of aromatic carboxylic acids is 1. The summed E-state index contributed by atoms with van der Waals surface area (Å²) in [5.74, 6) is -1.67. The number of anilines is 2. The van der Waals surface area contributed by atoms with Gasteiger partial charge in [-0.25, -0.2) is 13.2 Å². The summed E-state index contributed by atoms with van der Waals surface area (Å²) in [4.78, 5) is 23.7. The van der Waals surface area contributed by atoms with Crippen LogP contribution in [-0.2, 0) is 10.0 Å². The molecule has 0 aliphatic rings. The van der Waals surface area contributed by atoms with Crippen molar-refractivity contribution >= 4 is 49.2 Å². The summed E-state index contributed by atoms with van der Waals surface area (Å²) in [5.41, 5.74) is 0.678. The van der Waals surface area contributed by atoms with Crippen molar-refractivity contribution in [2.24, 2.45) is 0 Å². The average molecular weight is 475 g/mol. The van der Waals surface area contributed by atoms with Crippen molar-refractivity contribution in [1.29, 1.82) is 0 Å². The van der Waals surface area contributed by atoms with E-state index in [2.05, 4.69) is 26.0 Å². The van der Waals surface area contributed by atoms with Gasteiger partial charge in [-0.3, -0.25) is 9.52 Å². The second-order valence-corrected chi connectivity index (χ2v) is 8.54. The van der Waals surface area contributed by atoms with Crippen molar-refractivity contribution in [2.75, 3.05) is 10.0 Å². The van der Waals surface area contributed by atoms with Crippen molar-refractivity contribution in [3.05, 3.63) is 88.4 Å². The molecule has 1 amide bonds. The largest absolute Gasteiger partial charge is 0.478 e. The lowest BCUT2D eigenvalue weighted by Gasteiger charge is -2.10. The van der Waals surface area contributed by atoms with Crippen LogP contribution in [-0.4, -0.2) is 25.4 Å². The van der Waals surface area contributed by atoms with E-state index >= 15 is 0 Å². The van der Waals surface area contributed by atoms with Crippen molar-refractivity contribution in [3.63, 3.8) is 0 Å². The number of carbonyl (C=O) groups is 2. The summed E-state index contributed by atoms with van der Waals surface area (Å²) in [7, 11) is -3.76. The number of carboxylic acid groups (broad SMARTS) is 1. The van der Waals surface area contributed by atoms with Crippen LogP contribution in [0.5, 0.6) is 0 Å². The van der Waals surface area contributed by atoms with Crippen LogP contribution in [0.15, 0.2) is 82.2 Å². The van der Waals surface area contributed by atoms with Crippen molar-refractivity contribution < 1.29 is 23.1 Å². The number of carboxylic acids is 1. The Hall–Kier alpha value is -3.17. The fourth-order valence-corrected chi connectivity index (χ4v) is 3.81. The van der Waals surface area contributed by atoms with Gasteiger partial charge >= 0.3 is 5.97 Å². The van der Waals surface area contributed by atoms with Gasteiger partial charge in [0.25, 0.3) is 15.9 Å². The van der Waals surface area contributed by atoms with E-state index < -0.39 is 21.9 Å². The first-order chi connectivity index (χ1) is 13.8. The number of hydrogen-bond acceptors (Lipinski definition) is 4. The number of carbonyl (C=O) groups excluding carboxylic acids is 1. The van der Waals surface area contributed by atoms with Crippen molar-refractivity contribution in [1.82, 2.24) is 0 Å². The van der Waals surface area contributed by atoms with Crippen LogP contribution in [0.4, 0.5) is 11.4 Å². The average Bonchev–Trinajstić information content (AvgIpc) is 2.69. The smallest absolute Gasteiger partial charge is 0.337 e. The van der Waals surface area contributed by atoms with Gasteiger partial charge in [0.2, 0.25) is 0 Å². The molecule has 3 aromatic carbocycles. The van der Waals surface area contributed by atoms with E-state index in [9.17, 15) is 23.1 Å². The Morgan fingerprint density at radius 1 is 0.862 bits per heavy atom. The number of amides is 1. The highest BCUT2D eigenvalue weighted by molar-refractivity contribution is 9.10. The van der Waals surface area contributed by atoms with Crippen LogP contribution in [0.1, 0.15) is 20.7 Å². The lowest BCUT2D eigenvalue weighted by atomic mass is 10.1. The van der Waals surface area contributed by atoms with E-state index in [1.807, 2.05) is 0 Å². The summed E-state index contributed by atoms with van der Waals surface area (Å²) in [6.07, 6.45) is 0. The van der Waals surface area contributed by atoms with Crippen LogP contribution in [0.3, 0.4) is 0 Å². The highest BCUT2D eigenvalue weighted by atomic mass is 79.9. The zero-order chi connectivity index (χ0) is 21.0. The molecular weight excluding hydrogens is 460 g/mol. The van der Waals surface area contributed by atoms with Crippen LogP contribution >= 0.6 is 15.9 Å². The maximum Gasteiger partial charge on any atom is 0.337 e. The minimum Gasteiger partial charge on any atom is -0.478 e. The maximum absolute atomic E-state index is 12.4. The highest BCUT2D eigenvalue weighted by Gasteiger charge is 2.15. The Kier molecular flexibility index (Phi) is 6.00. The van der Waals surface area contributed by atoms with Crippen molar-refractivity contribution in [3.8, 4) is 0 Å². The third-order valence-corrected chi connectivity index (χ3v) is 5.85. The Bertz CT molecular complexity index is 1160. The molecule has 0 saturated carbocycles. The van der Waals surface area contributed by atoms with E-state index in [0.717, 1.165) is 4.47 Å². The molecule has 0 aliphatic carbocycles. The lowest BCUT2D eigenvalue weighted by molar-refractivity contribution is 0.0698. The standard InChI is InChI=1S/C20H15BrN2O5S/c21-14-7-11-16(12-8-14)29(27,28)23-15-9-5-13(6-10-15)19(24)22-18-4-2-1-3-17(18)20(25)26/h1-12,23H,(H,22,24)(H,25,26). The van der Waals surface area contributed by atoms with E-state index in [1.165, 1.54) is 48.5 Å². The number of hydrogen-bond donors (Lipinski definition) is 3. The Morgan fingerprint density at radius 3 is 2.10 bits per heavy atom. The molecule has 0 spiro atoms. The van der Waals surface area contributed by atoms with Crippen LogP contribution < -0.4 is 10.0 Å². The lowest BCUT2D eigenvalue weighted by Crippen LogP contribution is -2.15. The number of nitrogens with one attached hydrogen (secondary N) is 2. The van der Waals surface area contributed by atoms with Gasteiger partial charge < -0.3 is 10.4 Å². The summed E-state index contributed by atoms with van der Waals surface area (Å²) < 4.78 is 28.0. The van der Waals surface area contributed by atoms with Gasteiger partial charge in [-0.15, -0.1) is 0 Å². The minimum atomic E-state index is -3.76. The summed E-state index contributed by atoms with van der Waals surface area (Å²) in [6, 6.07) is 18.0. The van der Waals surface area contributed by atoms with E-state index in [1.54, 1.807) is 24.3 Å². The van der Waals surface area contributed by atoms with Gasteiger partial charge in [0.1, 0.15) is 0 Å². The molecule has 0 unspecified atom stereocenters. The maximum atomic E-state index is 12.4. The predicted octanol–water partition coefficient (Wildman–Crippen LogP) is 4.20. The molecule has 0 fully saturated rings. The molecule has 3 rings (SSSR count). The highest BCUT2D eigenvalue weighted by Crippen LogP contribution is 2.20. The van der Waals surface area contributed by atoms with E-state index in [-0.39, 0.29) is 27.4 Å². The van der Waals surface area contributed by atoms with E-state index in [0.29, 0.717) is 0 Å². The fraction of sp³-hybridized carbons (Fsp3) is 0. The van der Waals surface area contributed by atoms with E-state index in [4.69, 9.17) is 0 Å². The first-order valence-corrected chi connectivity index (χ1v) is 10.6. The van der Waals surface area contributed by atoms with Gasteiger partial charge in [-0.2, -0.15) is 0 Å². The zero-order valence-corrected chi connectivity index (χ0v) is 17.2. The molecule has 3 N–H and O–H groups in total. The summed E-state index contributed by atoms with van der Waals surface area (Å²) in [6.45, 7) is 0. The second-order valence-electron chi connectivity index (χ2n) is 5.94. The van der Waals surface area contributed by atoms with Gasteiger partial charge in [0.05, 0.1) is 16.1 Å². The second kappa shape index (κ2) is 8.46. The Morgan fingerprint density at radius 2 is 1.48 bits per heavy atom. The van der Waals surface area contributed by atoms with Crippen LogP contribution in [0, 0.1) is 0 Å². The van der Waals surface area contributed by atoms with Gasteiger partial charge in [-0.05, 0) is 60.7 Å². The number of benzene rings is 3. The SMILES string of the molecule is O=C(Nc1ccccc1C(=O)O)c1ccc(NS(=O)(=O)c2ccc(Br)cc2)cc1. The third-order valence-electron chi connectivity index (χ3n) is 3.93. The Labute approximate surface area is 175 Å². The molecule has 29 heavy (non-hydrogen) atoms. The number of rotatable bonds is 6. The molecule has 0 saturated heterocycles. The molecule has 0 aromatic heterocycles. The molecule has 0 atom stereocenters. The molecule has 0 bridgehead atoms. The topological polar surface area (TPSA) is 113 Å². The zero-order valence-electron chi connectivity index (χ0n) is 14.8. The molecular formula is C20H15BrN2O5S. The number of para-hydroxylation sites is 1. The molecule has 0 radical (unpaired) electrons. The molecule has 148 valence electrons. The van der Waals surface area contributed by atoms with Crippen LogP contribution in [0.2, 0.25) is 0 Å². The first kappa shape index (κ1) is 20.6. The Balaban J connectivity index is 1.74. The number of sulfonamides is 1. The summed E-state index contributed by atoms with van der Waals surface area (Å²) >= 11 is 3.25. The normalized spacial score (nSPS) is 10.9. The van der Waals surface area contributed by atoms with Gasteiger partial charge in [0, 0.05) is 15.7 Å². The summed E-state index contributed by atoms with van der Waals surface area (Å²) in [5, 5.41) is 11.7. The third kappa shape index (κ3) is 5.01. The molecule has 3 aromatic rings. The van der Waals surface area contributed by atoms with Crippen molar-refractivity contribution in [2.45, 2.75) is 4.90 Å². The molecule has 0 aliphatic heterocycles. The quantitative estimate of drug-likeness (QED) is 0.495. The fourth-order valence-electron chi connectivity index (χ4n) is 2.49. The number of halogens is 1.